The number of non-ortho nitro benzene ring substituents is 1. The van der Waals surface area contributed by atoms with Gasteiger partial charge in [-0.25, -0.2) is 4.98 Å². The molecule has 9 heteroatoms. The van der Waals surface area contributed by atoms with Gasteiger partial charge in [-0.05, 0) is 6.07 Å². The number of carbonyl (C=O) groups excluding carboxylic acids is 1. The first-order chi connectivity index (χ1) is 9.30. The second-order valence-electron chi connectivity index (χ2n) is 3.76. The van der Waals surface area contributed by atoms with Crippen LogP contribution in [0.1, 0.15) is 15.9 Å². The number of halogens is 3. The van der Waals surface area contributed by atoms with Crippen molar-refractivity contribution in [3.8, 4) is 0 Å². The summed E-state index contributed by atoms with van der Waals surface area (Å²) in [5.41, 5.74) is -2.77. The molecule has 0 fully saturated rings. The number of hydrogen-bond donors (Lipinski definition) is 0. The number of carbonyl (C=O) groups is 1. The molecule has 0 radical (unpaired) electrons. The van der Waals surface area contributed by atoms with Crippen molar-refractivity contribution in [1.29, 1.82) is 0 Å². The van der Waals surface area contributed by atoms with E-state index in [4.69, 9.17) is 0 Å². The third kappa shape index (κ3) is 2.51. The summed E-state index contributed by atoms with van der Waals surface area (Å²) in [7, 11) is 0. The van der Waals surface area contributed by atoms with Gasteiger partial charge in [0.05, 0.1) is 16.1 Å². The van der Waals surface area contributed by atoms with Crippen LogP contribution in [-0.4, -0.2) is 20.4 Å². The number of hydrogen-bond acceptors (Lipinski definition) is 4. The molecule has 20 heavy (non-hydrogen) atoms. The Balaban J connectivity index is 2.58. The van der Waals surface area contributed by atoms with Crippen LogP contribution in [0, 0.1) is 10.1 Å². The normalized spacial score (nSPS) is 11.3. The largest absolute Gasteiger partial charge is 0.417 e. The molecule has 0 spiro atoms. The number of imidazole rings is 1. The molecule has 0 N–H and O–H groups in total. The standard InChI is InChI=1S/C11H6F3N3O3/c12-11(13,14)9-5-7(17(19)20)1-2-8(9)10(18)16-4-3-15-6-16/h1-6H. The van der Waals surface area contributed by atoms with E-state index in [9.17, 15) is 28.1 Å². The van der Waals surface area contributed by atoms with Crippen molar-refractivity contribution < 1.29 is 22.9 Å². The minimum Gasteiger partial charge on any atom is -0.272 e. The van der Waals surface area contributed by atoms with Crippen LogP contribution in [0.25, 0.3) is 0 Å². The van der Waals surface area contributed by atoms with Gasteiger partial charge in [0.1, 0.15) is 6.33 Å². The van der Waals surface area contributed by atoms with Crippen LogP contribution in [0.5, 0.6) is 0 Å². The van der Waals surface area contributed by atoms with Crippen LogP contribution >= 0.6 is 0 Å². The maximum atomic E-state index is 12.9. The number of rotatable bonds is 2. The van der Waals surface area contributed by atoms with Crippen molar-refractivity contribution in [2.24, 2.45) is 0 Å². The molecule has 0 amide bonds. The first kappa shape index (κ1) is 13.7. The van der Waals surface area contributed by atoms with Gasteiger partial charge in [-0.1, -0.05) is 0 Å². The molecule has 0 saturated heterocycles. The summed E-state index contributed by atoms with van der Waals surface area (Å²) in [6, 6.07) is 1.97. The van der Waals surface area contributed by atoms with E-state index in [-0.39, 0.29) is 0 Å². The molecule has 2 aromatic rings. The lowest BCUT2D eigenvalue weighted by Gasteiger charge is -2.11. The van der Waals surface area contributed by atoms with Crippen LogP contribution < -0.4 is 0 Å². The molecule has 0 aliphatic heterocycles. The Bertz CT molecular complexity index is 665. The van der Waals surface area contributed by atoms with E-state index in [1.807, 2.05) is 0 Å². The molecule has 0 unspecified atom stereocenters. The number of benzene rings is 1. The number of nitro groups is 1. The zero-order valence-corrected chi connectivity index (χ0v) is 9.66. The second-order valence-corrected chi connectivity index (χ2v) is 3.76. The molecule has 2 rings (SSSR count). The minimum atomic E-state index is -4.88. The lowest BCUT2D eigenvalue weighted by atomic mass is 10.1. The molecule has 1 aromatic carbocycles. The predicted octanol–water partition coefficient (Wildman–Crippen LogP) is 2.50. The molecule has 0 aliphatic carbocycles. The summed E-state index contributed by atoms with van der Waals surface area (Å²) in [6.45, 7) is 0. The Morgan fingerprint density at radius 3 is 2.55 bits per heavy atom. The van der Waals surface area contributed by atoms with Crippen LogP contribution in [0.4, 0.5) is 18.9 Å². The second kappa shape index (κ2) is 4.76. The Morgan fingerprint density at radius 2 is 2.05 bits per heavy atom. The summed E-state index contributed by atoms with van der Waals surface area (Å²) < 4.78 is 39.5. The van der Waals surface area contributed by atoms with E-state index in [0.29, 0.717) is 6.07 Å². The lowest BCUT2D eigenvalue weighted by Crippen LogP contribution is -2.18. The fourth-order valence-corrected chi connectivity index (χ4v) is 1.59. The van der Waals surface area contributed by atoms with Crippen molar-refractivity contribution in [2.45, 2.75) is 6.18 Å². The third-order valence-corrected chi connectivity index (χ3v) is 2.49. The Hall–Kier alpha value is -2.71. The SMILES string of the molecule is O=C(c1ccc([N+](=O)[O-])cc1C(F)(F)F)n1ccnc1. The zero-order chi connectivity index (χ0) is 14.9. The average Bonchev–Trinajstić information content (AvgIpc) is 2.90. The van der Waals surface area contributed by atoms with Gasteiger partial charge in [-0.3, -0.25) is 19.5 Å². The first-order valence-corrected chi connectivity index (χ1v) is 5.19. The lowest BCUT2D eigenvalue weighted by molar-refractivity contribution is -0.385. The Kier molecular flexibility index (Phi) is 3.26. The van der Waals surface area contributed by atoms with E-state index in [0.717, 1.165) is 23.0 Å². The quantitative estimate of drug-likeness (QED) is 0.627. The van der Waals surface area contributed by atoms with Crippen molar-refractivity contribution >= 4 is 11.6 Å². The molecule has 0 aliphatic rings. The van der Waals surface area contributed by atoms with Gasteiger partial charge in [0.25, 0.3) is 11.6 Å². The molecule has 6 nitrogen and oxygen atoms in total. The molecular formula is C11H6F3N3O3. The van der Waals surface area contributed by atoms with E-state index < -0.39 is 33.8 Å². The Labute approximate surface area is 109 Å². The smallest absolute Gasteiger partial charge is 0.272 e. The summed E-state index contributed by atoms with van der Waals surface area (Å²) in [5, 5.41) is 10.5. The first-order valence-electron chi connectivity index (χ1n) is 5.19. The van der Waals surface area contributed by atoms with Crippen LogP contribution in [-0.2, 0) is 6.18 Å². The van der Waals surface area contributed by atoms with Crippen molar-refractivity contribution in [2.75, 3.05) is 0 Å². The van der Waals surface area contributed by atoms with Gasteiger partial charge in [0, 0.05) is 24.5 Å². The molecule has 0 atom stereocenters. The van der Waals surface area contributed by atoms with Crippen molar-refractivity contribution in [3.63, 3.8) is 0 Å². The molecule has 104 valence electrons. The number of nitrogens with zero attached hydrogens (tertiary/aromatic N) is 3. The van der Waals surface area contributed by atoms with Crippen LogP contribution in [0.3, 0.4) is 0 Å². The molecule has 1 aromatic heterocycles. The van der Waals surface area contributed by atoms with E-state index in [1.165, 1.54) is 12.4 Å². The van der Waals surface area contributed by atoms with Crippen molar-refractivity contribution in [3.05, 3.63) is 58.2 Å². The topological polar surface area (TPSA) is 78.0 Å². The maximum absolute atomic E-state index is 12.9. The molecule has 0 saturated carbocycles. The highest BCUT2D eigenvalue weighted by atomic mass is 19.4. The van der Waals surface area contributed by atoms with Crippen molar-refractivity contribution in [1.82, 2.24) is 9.55 Å². The van der Waals surface area contributed by atoms with E-state index in [2.05, 4.69) is 4.98 Å². The highest BCUT2D eigenvalue weighted by Crippen LogP contribution is 2.34. The summed E-state index contributed by atoms with van der Waals surface area (Å²) in [4.78, 5) is 25.0. The van der Waals surface area contributed by atoms with Crippen LogP contribution in [0.15, 0.2) is 36.9 Å². The van der Waals surface area contributed by atoms with E-state index in [1.54, 1.807) is 0 Å². The number of alkyl halides is 3. The van der Waals surface area contributed by atoms with Gasteiger partial charge in [-0.2, -0.15) is 13.2 Å². The summed E-state index contributed by atoms with van der Waals surface area (Å²) in [6.07, 6.45) is -1.41. The summed E-state index contributed by atoms with van der Waals surface area (Å²) in [5.74, 6) is -0.968. The Morgan fingerprint density at radius 1 is 1.35 bits per heavy atom. The highest BCUT2D eigenvalue weighted by molar-refractivity contribution is 5.97. The predicted molar refractivity (Wildman–Crippen MR) is 60.1 cm³/mol. The number of nitro benzene ring substituents is 1. The zero-order valence-electron chi connectivity index (χ0n) is 9.66. The maximum Gasteiger partial charge on any atom is 0.417 e. The van der Waals surface area contributed by atoms with Gasteiger partial charge >= 0.3 is 6.18 Å². The minimum absolute atomic E-state index is 0.337. The molecule has 0 bridgehead atoms. The third-order valence-electron chi connectivity index (χ3n) is 2.49. The monoisotopic (exact) mass is 285 g/mol. The number of aromatic nitrogens is 2. The van der Waals surface area contributed by atoms with Gasteiger partial charge in [0.15, 0.2) is 0 Å². The van der Waals surface area contributed by atoms with Crippen LogP contribution in [0.2, 0.25) is 0 Å². The fourth-order valence-electron chi connectivity index (χ4n) is 1.59. The van der Waals surface area contributed by atoms with E-state index >= 15 is 0 Å². The summed E-state index contributed by atoms with van der Waals surface area (Å²) >= 11 is 0. The highest BCUT2D eigenvalue weighted by Gasteiger charge is 2.37. The molecular weight excluding hydrogens is 279 g/mol. The average molecular weight is 285 g/mol. The van der Waals surface area contributed by atoms with Gasteiger partial charge < -0.3 is 0 Å². The fraction of sp³-hybridized carbons (Fsp3) is 0.0909. The molecule has 1 heterocycles. The van der Waals surface area contributed by atoms with Gasteiger partial charge in [0.2, 0.25) is 0 Å². The van der Waals surface area contributed by atoms with Gasteiger partial charge in [-0.15, -0.1) is 0 Å².